The fraction of sp³-hybridized carbons (Fsp3) is 0.0833. The summed E-state index contributed by atoms with van der Waals surface area (Å²) in [7, 11) is 0. The number of halogens is 2. The molecule has 3 aromatic carbocycles. The van der Waals surface area contributed by atoms with Crippen LogP contribution in [0.5, 0.6) is 5.75 Å². The molecule has 0 radical (unpaired) electrons. The van der Waals surface area contributed by atoms with Crippen LogP contribution in [0.3, 0.4) is 0 Å². The average molecular weight is 530 g/mol. The van der Waals surface area contributed by atoms with Gasteiger partial charge in [-0.3, -0.25) is 0 Å². The zero-order valence-corrected chi connectivity index (χ0v) is 19.0. The number of hydrogen-bond donors (Lipinski definition) is 0. The molecule has 30 heavy (non-hydrogen) atoms. The molecule has 1 heterocycles. The third-order valence-corrected chi connectivity index (χ3v) is 5.95. The first-order valence-electron chi connectivity index (χ1n) is 9.24. The number of rotatable bonds is 5. The van der Waals surface area contributed by atoms with Crippen LogP contribution < -0.4 is 4.74 Å². The van der Waals surface area contributed by atoms with Crippen molar-refractivity contribution in [2.45, 2.75) is 13.5 Å². The summed E-state index contributed by atoms with van der Waals surface area (Å²) in [6.45, 7) is 2.44. The van der Waals surface area contributed by atoms with E-state index < -0.39 is 5.97 Å². The maximum atomic E-state index is 12.2. The van der Waals surface area contributed by atoms with Crippen LogP contribution in [0.1, 0.15) is 22.3 Å². The molecule has 0 bridgehead atoms. The Hall–Kier alpha value is -2.64. The maximum Gasteiger partial charge on any atom is 0.363 e. The first-order chi connectivity index (χ1) is 14.5. The monoisotopic (exact) mass is 529 g/mol. The van der Waals surface area contributed by atoms with E-state index in [-0.39, 0.29) is 5.70 Å². The molecule has 0 unspecified atom stereocenters. The highest BCUT2D eigenvalue weighted by atomic mass is 127. The van der Waals surface area contributed by atoms with Crippen LogP contribution in [-0.2, 0) is 16.1 Å². The Labute approximate surface area is 193 Å². The Balaban J connectivity index is 1.46. The Kier molecular flexibility index (Phi) is 6.20. The second kappa shape index (κ2) is 9.02. The second-order valence-electron chi connectivity index (χ2n) is 6.79. The predicted molar refractivity (Wildman–Crippen MR) is 127 cm³/mol. The first kappa shape index (κ1) is 20.6. The lowest BCUT2D eigenvalue weighted by Gasteiger charge is -2.07. The van der Waals surface area contributed by atoms with Gasteiger partial charge in [0, 0.05) is 14.2 Å². The topological polar surface area (TPSA) is 47.9 Å². The van der Waals surface area contributed by atoms with Gasteiger partial charge in [0.2, 0.25) is 5.90 Å². The van der Waals surface area contributed by atoms with Gasteiger partial charge in [0.05, 0.1) is 0 Å². The molecule has 4 nitrogen and oxygen atoms in total. The molecule has 6 heteroatoms. The minimum absolute atomic E-state index is 0.272. The van der Waals surface area contributed by atoms with E-state index in [4.69, 9.17) is 21.1 Å². The van der Waals surface area contributed by atoms with Crippen LogP contribution in [0.25, 0.3) is 6.08 Å². The lowest BCUT2D eigenvalue weighted by atomic mass is 10.1. The number of ether oxygens (including phenoxy) is 2. The van der Waals surface area contributed by atoms with Crippen LogP contribution in [-0.4, -0.2) is 11.9 Å². The minimum Gasteiger partial charge on any atom is -0.489 e. The van der Waals surface area contributed by atoms with E-state index in [9.17, 15) is 4.79 Å². The fourth-order valence-corrected chi connectivity index (χ4v) is 3.47. The molecular weight excluding hydrogens is 513 g/mol. The zero-order valence-electron chi connectivity index (χ0n) is 16.1. The SMILES string of the molecule is Cc1cc(C2=N/C(=C\c3ccc(OCc4cccc(Cl)c4)cc3)C(=O)O2)ccc1I. The van der Waals surface area contributed by atoms with E-state index in [0.717, 1.165) is 31.6 Å². The first-order valence-corrected chi connectivity index (χ1v) is 10.7. The molecule has 0 atom stereocenters. The average Bonchev–Trinajstić information content (AvgIpc) is 3.10. The van der Waals surface area contributed by atoms with Crippen molar-refractivity contribution in [2.75, 3.05) is 0 Å². The third-order valence-electron chi connectivity index (χ3n) is 4.50. The number of cyclic esters (lactones) is 1. The Morgan fingerprint density at radius 1 is 1.10 bits per heavy atom. The molecule has 0 amide bonds. The van der Waals surface area contributed by atoms with Crippen molar-refractivity contribution in [3.05, 3.63) is 103 Å². The Bertz CT molecular complexity index is 1170. The summed E-state index contributed by atoms with van der Waals surface area (Å²) in [6.07, 6.45) is 1.70. The molecule has 4 rings (SSSR count). The van der Waals surface area contributed by atoms with Crippen LogP contribution in [0.2, 0.25) is 5.02 Å². The Morgan fingerprint density at radius 2 is 1.90 bits per heavy atom. The van der Waals surface area contributed by atoms with E-state index in [1.807, 2.05) is 73.7 Å². The molecule has 0 saturated carbocycles. The number of esters is 1. The van der Waals surface area contributed by atoms with Gasteiger partial charge in [-0.15, -0.1) is 0 Å². The molecule has 1 aliphatic heterocycles. The largest absolute Gasteiger partial charge is 0.489 e. The molecule has 0 fully saturated rings. The predicted octanol–water partition coefficient (Wildman–Crippen LogP) is 6.18. The normalized spacial score (nSPS) is 14.6. The van der Waals surface area contributed by atoms with Crippen LogP contribution in [0, 0.1) is 10.5 Å². The number of aryl methyl sites for hydroxylation is 1. The standard InChI is InChI=1S/C24H17ClINO3/c1-15-11-18(7-10-21(15)26)23-27-22(24(28)30-23)13-16-5-8-20(9-6-16)29-14-17-3-2-4-19(25)12-17/h2-13H,14H2,1H3/b22-13-. The molecule has 0 aliphatic carbocycles. The minimum atomic E-state index is -0.456. The third kappa shape index (κ3) is 4.91. The van der Waals surface area contributed by atoms with Crippen molar-refractivity contribution in [3.8, 4) is 5.75 Å². The summed E-state index contributed by atoms with van der Waals surface area (Å²) >= 11 is 8.26. The second-order valence-corrected chi connectivity index (χ2v) is 8.39. The summed E-state index contributed by atoms with van der Waals surface area (Å²) in [5.41, 5.74) is 4.00. The van der Waals surface area contributed by atoms with Crippen molar-refractivity contribution in [1.82, 2.24) is 0 Å². The highest BCUT2D eigenvalue weighted by Gasteiger charge is 2.24. The lowest BCUT2D eigenvalue weighted by molar-refractivity contribution is -0.129. The van der Waals surface area contributed by atoms with Gasteiger partial charge in [-0.1, -0.05) is 35.9 Å². The van der Waals surface area contributed by atoms with E-state index in [1.54, 1.807) is 6.08 Å². The summed E-state index contributed by atoms with van der Waals surface area (Å²) in [6, 6.07) is 20.8. The van der Waals surface area contributed by atoms with E-state index in [1.165, 1.54) is 0 Å². The molecule has 1 aliphatic rings. The van der Waals surface area contributed by atoms with Crippen LogP contribution in [0.15, 0.2) is 77.4 Å². The highest BCUT2D eigenvalue weighted by Crippen LogP contribution is 2.23. The van der Waals surface area contributed by atoms with E-state index in [0.29, 0.717) is 17.5 Å². The molecule has 0 N–H and O–H groups in total. The summed E-state index contributed by atoms with van der Waals surface area (Å²) in [5.74, 6) is 0.597. The van der Waals surface area contributed by atoms with Crippen molar-refractivity contribution < 1.29 is 14.3 Å². The van der Waals surface area contributed by atoms with E-state index in [2.05, 4.69) is 27.6 Å². The number of hydrogen-bond acceptors (Lipinski definition) is 4. The van der Waals surface area contributed by atoms with Crippen LogP contribution in [0.4, 0.5) is 0 Å². The van der Waals surface area contributed by atoms with Gasteiger partial charge in [0.25, 0.3) is 0 Å². The van der Waals surface area contributed by atoms with Crippen molar-refractivity contribution >= 4 is 52.1 Å². The van der Waals surface area contributed by atoms with Gasteiger partial charge < -0.3 is 9.47 Å². The zero-order chi connectivity index (χ0) is 21.1. The lowest BCUT2D eigenvalue weighted by Crippen LogP contribution is -2.05. The number of benzene rings is 3. The fourth-order valence-electron chi connectivity index (χ4n) is 2.92. The van der Waals surface area contributed by atoms with Crippen molar-refractivity contribution in [3.63, 3.8) is 0 Å². The molecule has 0 aromatic heterocycles. The van der Waals surface area contributed by atoms with Gasteiger partial charge in [0.1, 0.15) is 12.4 Å². The molecule has 0 spiro atoms. The van der Waals surface area contributed by atoms with Gasteiger partial charge in [-0.05, 0) is 94.7 Å². The summed E-state index contributed by atoms with van der Waals surface area (Å²) in [5, 5.41) is 0.682. The number of carbonyl (C=O) groups excluding carboxylic acids is 1. The van der Waals surface area contributed by atoms with Gasteiger partial charge >= 0.3 is 5.97 Å². The Morgan fingerprint density at radius 3 is 2.63 bits per heavy atom. The van der Waals surface area contributed by atoms with Gasteiger partial charge in [-0.2, -0.15) is 0 Å². The van der Waals surface area contributed by atoms with Gasteiger partial charge in [0.15, 0.2) is 5.70 Å². The quantitative estimate of drug-likeness (QED) is 0.225. The van der Waals surface area contributed by atoms with Crippen molar-refractivity contribution in [2.24, 2.45) is 4.99 Å². The molecular formula is C24H17ClINO3. The highest BCUT2D eigenvalue weighted by molar-refractivity contribution is 14.1. The summed E-state index contributed by atoms with van der Waals surface area (Å²) in [4.78, 5) is 16.6. The summed E-state index contributed by atoms with van der Waals surface area (Å²) < 4.78 is 12.3. The number of aliphatic imine (C=N–C) groups is 1. The number of nitrogens with zero attached hydrogens (tertiary/aromatic N) is 1. The van der Waals surface area contributed by atoms with E-state index >= 15 is 0 Å². The maximum absolute atomic E-state index is 12.2. The molecule has 3 aromatic rings. The van der Waals surface area contributed by atoms with Gasteiger partial charge in [-0.25, -0.2) is 9.79 Å². The van der Waals surface area contributed by atoms with Crippen molar-refractivity contribution in [1.29, 1.82) is 0 Å². The molecule has 150 valence electrons. The molecule has 0 saturated heterocycles. The number of carbonyl (C=O) groups is 1. The van der Waals surface area contributed by atoms with Crippen LogP contribution >= 0.6 is 34.2 Å². The smallest absolute Gasteiger partial charge is 0.363 e.